The Bertz CT molecular complexity index is 901. The van der Waals surface area contributed by atoms with Crippen LogP contribution in [-0.4, -0.2) is 24.9 Å². The molecule has 0 saturated carbocycles. The molecule has 2 aromatic rings. The average Bonchev–Trinajstić information content (AvgIpc) is 3.16. The van der Waals surface area contributed by atoms with E-state index in [1.807, 2.05) is 0 Å². The lowest BCUT2D eigenvalue weighted by Crippen LogP contribution is -2.27. The van der Waals surface area contributed by atoms with E-state index in [9.17, 15) is 22.8 Å². The van der Waals surface area contributed by atoms with E-state index in [-0.39, 0.29) is 33.9 Å². The van der Waals surface area contributed by atoms with E-state index in [2.05, 4.69) is 4.98 Å². The first-order valence-electron chi connectivity index (χ1n) is 6.88. The SMILES string of the molecule is Cc1c2c(n(C)c(=O)c1Cl)CN(C(=O)c1cn(C(F)(F)F)cn1)C2. The standard InChI is InChI=1S/C14H12ClF3N4O2/c1-7-8-3-21(5-10(8)20(2)13(24)11(7)15)12(23)9-4-22(6-19-9)14(16,17)18/h4,6H,3,5H2,1-2H3. The molecule has 2 aromatic heterocycles. The Balaban J connectivity index is 1.92. The van der Waals surface area contributed by atoms with Crippen LogP contribution in [-0.2, 0) is 26.4 Å². The van der Waals surface area contributed by atoms with Gasteiger partial charge in [0.05, 0.1) is 6.54 Å². The molecule has 3 heterocycles. The summed E-state index contributed by atoms with van der Waals surface area (Å²) in [5, 5.41) is 0.0758. The smallest absolute Gasteiger partial charge is 0.327 e. The molecule has 0 aromatic carbocycles. The molecule has 0 fully saturated rings. The molecule has 3 rings (SSSR count). The quantitative estimate of drug-likeness (QED) is 0.783. The minimum atomic E-state index is -4.63. The monoisotopic (exact) mass is 360 g/mol. The first-order valence-corrected chi connectivity index (χ1v) is 7.26. The normalized spacial score (nSPS) is 14.2. The van der Waals surface area contributed by atoms with Crippen molar-refractivity contribution in [3.05, 3.63) is 50.4 Å². The van der Waals surface area contributed by atoms with Crippen LogP contribution in [0.1, 0.15) is 27.3 Å². The molecule has 0 N–H and O–H groups in total. The van der Waals surface area contributed by atoms with Gasteiger partial charge in [0.1, 0.15) is 17.0 Å². The highest BCUT2D eigenvalue weighted by molar-refractivity contribution is 6.31. The van der Waals surface area contributed by atoms with Gasteiger partial charge in [0.2, 0.25) is 0 Å². The predicted octanol–water partition coefficient (Wildman–Crippen LogP) is 2.18. The predicted molar refractivity (Wildman–Crippen MR) is 78.5 cm³/mol. The van der Waals surface area contributed by atoms with E-state index in [1.165, 1.54) is 9.47 Å². The van der Waals surface area contributed by atoms with Crippen LogP contribution in [0.4, 0.5) is 13.2 Å². The number of aromatic nitrogens is 3. The van der Waals surface area contributed by atoms with Crippen molar-refractivity contribution < 1.29 is 18.0 Å². The Labute approximate surface area is 139 Å². The van der Waals surface area contributed by atoms with Crippen molar-refractivity contribution >= 4 is 17.5 Å². The van der Waals surface area contributed by atoms with Crippen LogP contribution in [0.25, 0.3) is 0 Å². The van der Waals surface area contributed by atoms with E-state index in [0.29, 0.717) is 23.8 Å². The topological polar surface area (TPSA) is 60.1 Å². The van der Waals surface area contributed by atoms with Gasteiger partial charge in [-0.25, -0.2) is 9.55 Å². The number of hydrogen-bond acceptors (Lipinski definition) is 3. The second-order valence-electron chi connectivity index (χ2n) is 5.52. The summed E-state index contributed by atoms with van der Waals surface area (Å²) in [6.07, 6.45) is -3.44. The van der Waals surface area contributed by atoms with Gasteiger partial charge in [0, 0.05) is 25.5 Å². The lowest BCUT2D eigenvalue weighted by Gasteiger charge is -2.13. The first kappa shape index (κ1) is 16.6. The summed E-state index contributed by atoms with van der Waals surface area (Å²) in [5.74, 6) is -0.642. The van der Waals surface area contributed by atoms with Crippen molar-refractivity contribution in [2.45, 2.75) is 26.3 Å². The zero-order valence-corrected chi connectivity index (χ0v) is 13.4. The van der Waals surface area contributed by atoms with Gasteiger partial charge in [0.25, 0.3) is 11.5 Å². The maximum atomic E-state index is 12.6. The molecule has 0 unspecified atom stereocenters. The fourth-order valence-electron chi connectivity index (χ4n) is 2.70. The van der Waals surface area contributed by atoms with Gasteiger partial charge in [-0.3, -0.25) is 9.59 Å². The largest absolute Gasteiger partial charge is 0.489 e. The second-order valence-corrected chi connectivity index (χ2v) is 5.90. The molecule has 0 atom stereocenters. The minimum Gasteiger partial charge on any atom is -0.327 e. The second kappa shape index (κ2) is 5.37. The number of fused-ring (bicyclic) bond motifs is 1. The van der Waals surface area contributed by atoms with Crippen LogP contribution in [0, 0.1) is 6.92 Å². The van der Waals surface area contributed by atoms with E-state index in [4.69, 9.17) is 11.6 Å². The van der Waals surface area contributed by atoms with E-state index >= 15 is 0 Å². The van der Waals surface area contributed by atoms with E-state index < -0.39 is 12.2 Å². The summed E-state index contributed by atoms with van der Waals surface area (Å²) < 4.78 is 39.1. The fraction of sp³-hybridized carbons (Fsp3) is 0.357. The lowest BCUT2D eigenvalue weighted by atomic mass is 10.1. The van der Waals surface area contributed by atoms with Gasteiger partial charge in [-0.15, -0.1) is 13.2 Å². The van der Waals surface area contributed by atoms with Crippen LogP contribution in [0.3, 0.4) is 0 Å². The molecule has 0 aliphatic carbocycles. The molecule has 1 aliphatic heterocycles. The third kappa shape index (κ3) is 2.48. The number of halogens is 4. The molecule has 128 valence electrons. The van der Waals surface area contributed by atoms with Gasteiger partial charge >= 0.3 is 6.30 Å². The number of alkyl halides is 3. The van der Waals surface area contributed by atoms with Gasteiger partial charge in [-0.05, 0) is 18.1 Å². The maximum Gasteiger partial charge on any atom is 0.489 e. The van der Waals surface area contributed by atoms with Crippen LogP contribution in [0.15, 0.2) is 17.3 Å². The molecule has 1 aliphatic rings. The summed E-state index contributed by atoms with van der Waals surface area (Å²) in [7, 11) is 1.54. The van der Waals surface area contributed by atoms with E-state index in [1.54, 1.807) is 14.0 Å². The maximum absolute atomic E-state index is 12.6. The molecule has 0 radical (unpaired) electrons. The van der Waals surface area contributed by atoms with Crippen LogP contribution >= 0.6 is 11.6 Å². The highest BCUT2D eigenvalue weighted by Crippen LogP contribution is 2.29. The number of amides is 1. The van der Waals surface area contributed by atoms with Gasteiger partial charge in [-0.1, -0.05) is 11.6 Å². The van der Waals surface area contributed by atoms with Crippen LogP contribution in [0.5, 0.6) is 0 Å². The minimum absolute atomic E-state index is 0.0758. The number of rotatable bonds is 1. The number of imidazole rings is 1. The third-order valence-electron chi connectivity index (χ3n) is 4.10. The Morgan fingerprint density at radius 2 is 2.00 bits per heavy atom. The molecule has 0 bridgehead atoms. The Morgan fingerprint density at radius 1 is 1.33 bits per heavy atom. The van der Waals surface area contributed by atoms with Crippen molar-refractivity contribution in [1.82, 2.24) is 19.0 Å². The molecule has 10 heteroatoms. The van der Waals surface area contributed by atoms with Crippen molar-refractivity contribution in [1.29, 1.82) is 0 Å². The molecular formula is C14H12ClF3N4O2. The highest BCUT2D eigenvalue weighted by atomic mass is 35.5. The van der Waals surface area contributed by atoms with Gasteiger partial charge in [0.15, 0.2) is 0 Å². The highest BCUT2D eigenvalue weighted by Gasteiger charge is 2.34. The molecule has 6 nitrogen and oxygen atoms in total. The fourth-order valence-corrected chi connectivity index (χ4v) is 2.94. The van der Waals surface area contributed by atoms with Crippen LogP contribution in [0.2, 0.25) is 5.02 Å². The summed E-state index contributed by atoms with van der Waals surface area (Å²) in [5.41, 5.74) is 1.24. The Kier molecular flexibility index (Phi) is 3.71. The van der Waals surface area contributed by atoms with Crippen molar-refractivity contribution in [2.75, 3.05) is 0 Å². The van der Waals surface area contributed by atoms with Crippen molar-refractivity contribution in [2.24, 2.45) is 7.05 Å². The molecule has 1 amide bonds. The molecular weight excluding hydrogens is 349 g/mol. The number of hydrogen-bond donors (Lipinski definition) is 0. The molecule has 0 saturated heterocycles. The first-order chi connectivity index (χ1) is 11.1. The van der Waals surface area contributed by atoms with Crippen LogP contribution < -0.4 is 5.56 Å². The third-order valence-corrected chi connectivity index (χ3v) is 4.54. The molecule has 0 spiro atoms. The zero-order valence-electron chi connectivity index (χ0n) is 12.7. The number of pyridine rings is 1. The number of nitrogens with zero attached hydrogens (tertiary/aromatic N) is 4. The zero-order chi connectivity index (χ0) is 17.8. The Hall–Kier alpha value is -2.29. The summed E-state index contributed by atoms with van der Waals surface area (Å²) in [4.78, 5) is 29.3. The van der Waals surface area contributed by atoms with Crippen molar-refractivity contribution in [3.8, 4) is 0 Å². The summed E-state index contributed by atoms with van der Waals surface area (Å²) in [6.45, 7) is 1.94. The van der Waals surface area contributed by atoms with Gasteiger partial charge in [-0.2, -0.15) is 0 Å². The van der Waals surface area contributed by atoms with E-state index in [0.717, 1.165) is 5.56 Å². The summed E-state index contributed by atoms with van der Waals surface area (Å²) >= 11 is 5.99. The average molecular weight is 361 g/mol. The van der Waals surface area contributed by atoms with Crippen molar-refractivity contribution in [3.63, 3.8) is 0 Å². The molecule has 24 heavy (non-hydrogen) atoms. The number of carbonyl (C=O) groups is 1. The lowest BCUT2D eigenvalue weighted by molar-refractivity contribution is -0.204. The van der Waals surface area contributed by atoms with Gasteiger partial charge < -0.3 is 9.47 Å². The Morgan fingerprint density at radius 3 is 2.58 bits per heavy atom. The number of carbonyl (C=O) groups excluding carboxylic acids is 1. The summed E-state index contributed by atoms with van der Waals surface area (Å²) in [6, 6.07) is 0.